The summed E-state index contributed by atoms with van der Waals surface area (Å²) in [5.74, 6) is -0.123. The normalized spacial score (nSPS) is 21.8. The largest absolute Gasteiger partial charge is 0.465 e. The summed E-state index contributed by atoms with van der Waals surface area (Å²) in [7, 11) is 0. The van der Waals surface area contributed by atoms with E-state index in [1.54, 1.807) is 0 Å². The smallest absolute Gasteiger partial charge is 0.311 e. The molecular weight excluding hydrogens is 276 g/mol. The van der Waals surface area contributed by atoms with Crippen LogP contribution in [-0.4, -0.2) is 32.2 Å². The third kappa shape index (κ3) is 4.82. The number of carbonyl (C=O) groups is 1. The number of rotatable bonds is 6. The summed E-state index contributed by atoms with van der Waals surface area (Å²) in [6, 6.07) is 10.4. The van der Waals surface area contributed by atoms with E-state index >= 15 is 0 Å². The molecule has 0 aromatic heterocycles. The monoisotopic (exact) mass is 304 g/mol. The maximum Gasteiger partial charge on any atom is 0.311 e. The summed E-state index contributed by atoms with van der Waals surface area (Å²) in [5, 5.41) is 6.91. The molecule has 0 spiro atoms. The van der Waals surface area contributed by atoms with Crippen LogP contribution in [-0.2, 0) is 16.1 Å². The van der Waals surface area contributed by atoms with Crippen LogP contribution in [0.3, 0.4) is 0 Å². The van der Waals surface area contributed by atoms with Gasteiger partial charge in [-0.25, -0.2) is 0 Å². The summed E-state index contributed by atoms with van der Waals surface area (Å²) in [6.07, 6.45) is 1.03. The lowest BCUT2D eigenvalue weighted by molar-refractivity contribution is -0.156. The molecule has 4 heteroatoms. The highest BCUT2D eigenvalue weighted by molar-refractivity contribution is 5.75. The van der Waals surface area contributed by atoms with Crippen LogP contribution in [0, 0.1) is 10.8 Å². The van der Waals surface area contributed by atoms with Gasteiger partial charge in [-0.1, -0.05) is 30.3 Å². The zero-order chi connectivity index (χ0) is 16.1. The predicted molar refractivity (Wildman–Crippen MR) is 88.5 cm³/mol. The molecule has 2 N–H and O–H groups in total. The molecule has 0 amide bonds. The Morgan fingerprint density at radius 1 is 1.32 bits per heavy atom. The number of esters is 1. The Balaban J connectivity index is 1.84. The molecule has 0 aliphatic carbocycles. The zero-order valence-electron chi connectivity index (χ0n) is 13.9. The third-order valence-corrected chi connectivity index (χ3v) is 4.13. The van der Waals surface area contributed by atoms with Crippen LogP contribution in [0.5, 0.6) is 0 Å². The second-order valence-corrected chi connectivity index (χ2v) is 7.34. The molecule has 1 aliphatic rings. The van der Waals surface area contributed by atoms with Gasteiger partial charge in [0.25, 0.3) is 0 Å². The SMILES string of the molecule is CC(C)(C)C(=O)OCC1(CNCc2ccccc2)CCNC1. The first-order chi connectivity index (χ1) is 10.4. The summed E-state index contributed by atoms with van der Waals surface area (Å²) >= 11 is 0. The predicted octanol–water partition coefficient (Wildman–Crippen LogP) is 2.35. The molecule has 2 rings (SSSR count). The van der Waals surface area contributed by atoms with Crippen molar-refractivity contribution in [2.24, 2.45) is 10.8 Å². The van der Waals surface area contributed by atoms with Gasteiger partial charge in [-0.15, -0.1) is 0 Å². The van der Waals surface area contributed by atoms with E-state index in [2.05, 4.69) is 34.9 Å². The second kappa shape index (κ2) is 7.25. The van der Waals surface area contributed by atoms with Crippen molar-refractivity contribution >= 4 is 5.97 Å². The van der Waals surface area contributed by atoms with Crippen LogP contribution in [0.1, 0.15) is 32.8 Å². The first-order valence-corrected chi connectivity index (χ1v) is 8.04. The number of benzene rings is 1. The molecule has 1 unspecified atom stereocenters. The van der Waals surface area contributed by atoms with Gasteiger partial charge in [-0.2, -0.15) is 0 Å². The Labute approximate surface area is 133 Å². The van der Waals surface area contributed by atoms with Gasteiger partial charge in [0.15, 0.2) is 0 Å². The quantitative estimate of drug-likeness (QED) is 0.792. The lowest BCUT2D eigenvalue weighted by atomic mass is 9.87. The first-order valence-electron chi connectivity index (χ1n) is 8.04. The molecule has 0 bridgehead atoms. The number of ether oxygens (including phenoxy) is 1. The van der Waals surface area contributed by atoms with E-state index in [1.165, 1.54) is 5.56 Å². The molecule has 22 heavy (non-hydrogen) atoms. The molecule has 1 aliphatic heterocycles. The summed E-state index contributed by atoms with van der Waals surface area (Å²) in [5.41, 5.74) is 0.843. The van der Waals surface area contributed by atoms with Gasteiger partial charge in [-0.05, 0) is 39.3 Å². The number of hydrogen-bond acceptors (Lipinski definition) is 4. The third-order valence-electron chi connectivity index (χ3n) is 4.13. The van der Waals surface area contributed by atoms with E-state index in [4.69, 9.17) is 4.74 Å². The van der Waals surface area contributed by atoms with Crippen molar-refractivity contribution in [1.82, 2.24) is 10.6 Å². The van der Waals surface area contributed by atoms with Crippen molar-refractivity contribution in [2.45, 2.75) is 33.7 Å². The molecule has 1 aromatic carbocycles. The Morgan fingerprint density at radius 3 is 2.64 bits per heavy atom. The highest BCUT2D eigenvalue weighted by Gasteiger charge is 2.36. The molecule has 0 radical (unpaired) electrons. The van der Waals surface area contributed by atoms with E-state index in [9.17, 15) is 4.79 Å². The molecule has 1 heterocycles. The first kappa shape index (κ1) is 17.0. The Bertz CT molecular complexity index is 474. The highest BCUT2D eigenvalue weighted by atomic mass is 16.5. The van der Waals surface area contributed by atoms with E-state index in [1.807, 2.05) is 26.8 Å². The molecule has 1 atom stereocenters. The lowest BCUT2D eigenvalue weighted by Crippen LogP contribution is -2.41. The fraction of sp³-hybridized carbons (Fsp3) is 0.611. The number of carbonyl (C=O) groups excluding carboxylic acids is 1. The fourth-order valence-electron chi connectivity index (χ4n) is 2.62. The van der Waals surface area contributed by atoms with Crippen LogP contribution in [0.4, 0.5) is 0 Å². The molecule has 0 saturated carbocycles. The highest BCUT2D eigenvalue weighted by Crippen LogP contribution is 2.27. The van der Waals surface area contributed by atoms with Gasteiger partial charge in [-0.3, -0.25) is 4.79 Å². The molecule has 1 fully saturated rings. The van der Waals surface area contributed by atoms with Crippen molar-refractivity contribution in [1.29, 1.82) is 0 Å². The average Bonchev–Trinajstić information content (AvgIpc) is 2.94. The average molecular weight is 304 g/mol. The van der Waals surface area contributed by atoms with E-state index < -0.39 is 5.41 Å². The molecular formula is C18H28N2O2. The molecule has 4 nitrogen and oxygen atoms in total. The van der Waals surface area contributed by atoms with E-state index in [0.717, 1.165) is 32.6 Å². The van der Waals surface area contributed by atoms with Crippen molar-refractivity contribution in [3.8, 4) is 0 Å². The van der Waals surface area contributed by atoms with Gasteiger partial charge in [0.2, 0.25) is 0 Å². The van der Waals surface area contributed by atoms with Crippen LogP contribution in [0.2, 0.25) is 0 Å². The van der Waals surface area contributed by atoms with Gasteiger partial charge in [0.1, 0.15) is 0 Å². The summed E-state index contributed by atoms with van der Waals surface area (Å²) in [6.45, 7) is 9.74. The van der Waals surface area contributed by atoms with Gasteiger partial charge >= 0.3 is 5.97 Å². The zero-order valence-corrected chi connectivity index (χ0v) is 13.9. The summed E-state index contributed by atoms with van der Waals surface area (Å²) in [4.78, 5) is 12.0. The Kier molecular flexibility index (Phi) is 5.59. The minimum absolute atomic E-state index is 0.00961. The van der Waals surface area contributed by atoms with Crippen LogP contribution in [0.15, 0.2) is 30.3 Å². The standard InChI is InChI=1S/C18H28N2O2/c1-17(2,3)16(21)22-14-18(9-10-19-12-18)13-20-11-15-7-5-4-6-8-15/h4-8,19-20H,9-14H2,1-3H3. The van der Waals surface area contributed by atoms with Crippen molar-refractivity contribution in [2.75, 3.05) is 26.2 Å². The maximum absolute atomic E-state index is 12.0. The topological polar surface area (TPSA) is 50.4 Å². The van der Waals surface area contributed by atoms with E-state index in [-0.39, 0.29) is 11.4 Å². The molecule has 1 aromatic rings. The van der Waals surface area contributed by atoms with Crippen LogP contribution >= 0.6 is 0 Å². The maximum atomic E-state index is 12.0. The lowest BCUT2D eigenvalue weighted by Gasteiger charge is -2.29. The minimum atomic E-state index is -0.440. The van der Waals surface area contributed by atoms with Crippen molar-refractivity contribution in [3.05, 3.63) is 35.9 Å². The van der Waals surface area contributed by atoms with Crippen LogP contribution in [0.25, 0.3) is 0 Å². The van der Waals surface area contributed by atoms with Gasteiger partial charge in [0, 0.05) is 25.0 Å². The minimum Gasteiger partial charge on any atom is -0.465 e. The van der Waals surface area contributed by atoms with Crippen molar-refractivity contribution in [3.63, 3.8) is 0 Å². The molecule has 1 saturated heterocycles. The van der Waals surface area contributed by atoms with Gasteiger partial charge < -0.3 is 15.4 Å². The molecule has 122 valence electrons. The second-order valence-electron chi connectivity index (χ2n) is 7.34. The number of hydrogen-bond donors (Lipinski definition) is 2. The fourth-order valence-corrected chi connectivity index (χ4v) is 2.62. The van der Waals surface area contributed by atoms with Gasteiger partial charge in [0.05, 0.1) is 12.0 Å². The van der Waals surface area contributed by atoms with Crippen molar-refractivity contribution < 1.29 is 9.53 Å². The summed E-state index contributed by atoms with van der Waals surface area (Å²) < 4.78 is 5.58. The van der Waals surface area contributed by atoms with Crippen LogP contribution < -0.4 is 10.6 Å². The van der Waals surface area contributed by atoms with E-state index in [0.29, 0.717) is 6.61 Å². The Hall–Kier alpha value is -1.39. The Morgan fingerprint density at radius 2 is 2.05 bits per heavy atom. The number of nitrogens with one attached hydrogen (secondary N) is 2.